The highest BCUT2D eigenvalue weighted by molar-refractivity contribution is 7.48. The molecule has 170 valence electrons. The van der Waals surface area contributed by atoms with Gasteiger partial charge in [-0.3, -0.25) is 13.6 Å². The summed E-state index contributed by atoms with van der Waals surface area (Å²) >= 11 is 0. The van der Waals surface area contributed by atoms with E-state index in [4.69, 9.17) is 18.3 Å². The van der Waals surface area contributed by atoms with Crippen molar-refractivity contribution in [2.45, 2.75) is 124 Å². The van der Waals surface area contributed by atoms with Crippen LogP contribution in [-0.2, 0) is 22.9 Å². The van der Waals surface area contributed by atoms with Crippen LogP contribution < -0.4 is 0 Å². The highest BCUT2D eigenvalue weighted by Gasteiger charge is 2.29. The highest BCUT2D eigenvalue weighted by Crippen LogP contribution is 2.51. The van der Waals surface area contributed by atoms with E-state index in [2.05, 4.69) is 20.8 Å². The second-order valence-electron chi connectivity index (χ2n) is 7.55. The fraction of sp³-hybridized carbons (Fsp3) is 1.00. The van der Waals surface area contributed by atoms with Crippen molar-refractivity contribution in [1.82, 2.24) is 0 Å². The molecule has 0 aromatic rings. The normalized spacial score (nSPS) is 13.1. The Morgan fingerprint density at radius 3 is 1.50 bits per heavy atom. The third-order valence-corrected chi connectivity index (χ3v) is 6.18. The Bertz CT molecular complexity index is 343. The zero-order chi connectivity index (χ0) is 20.9. The van der Waals surface area contributed by atoms with Crippen LogP contribution in [0, 0.1) is 0 Å². The van der Waals surface area contributed by atoms with Crippen molar-refractivity contribution < 1.29 is 22.9 Å². The lowest BCUT2D eigenvalue weighted by molar-refractivity contribution is -0.0875. The van der Waals surface area contributed by atoms with Crippen molar-refractivity contribution in [3.05, 3.63) is 0 Å². The molecule has 0 amide bonds. The van der Waals surface area contributed by atoms with Gasteiger partial charge in [0.15, 0.2) is 6.29 Å². The predicted octanol–water partition coefficient (Wildman–Crippen LogP) is 8.03. The minimum absolute atomic E-state index is 0.404. The van der Waals surface area contributed by atoms with Gasteiger partial charge in [0.05, 0.1) is 13.2 Å². The van der Waals surface area contributed by atoms with Crippen LogP contribution >= 0.6 is 7.82 Å². The van der Waals surface area contributed by atoms with E-state index in [0.29, 0.717) is 19.8 Å². The first-order valence-electron chi connectivity index (χ1n) is 11.8. The number of hydrogen-bond acceptors (Lipinski definition) is 5. The van der Waals surface area contributed by atoms with Crippen LogP contribution in [-0.4, -0.2) is 26.1 Å². The molecule has 0 radical (unpaired) electrons. The molecule has 0 heterocycles. The molecule has 0 bridgehead atoms. The SMILES string of the molecule is CCCCCCCCOP(=O)(OCCCCCCCC)OC(C)OCCCC. The van der Waals surface area contributed by atoms with Crippen LogP contribution in [0.2, 0.25) is 0 Å². The first-order valence-corrected chi connectivity index (χ1v) is 13.2. The lowest BCUT2D eigenvalue weighted by Gasteiger charge is -2.22. The van der Waals surface area contributed by atoms with Crippen molar-refractivity contribution in [3.8, 4) is 0 Å². The molecule has 1 atom stereocenters. The summed E-state index contributed by atoms with van der Waals surface area (Å²) in [6.07, 6.45) is 15.2. The van der Waals surface area contributed by atoms with Crippen molar-refractivity contribution in [2.75, 3.05) is 19.8 Å². The number of rotatable bonds is 22. The third-order valence-electron chi connectivity index (χ3n) is 4.62. The van der Waals surface area contributed by atoms with Gasteiger partial charge in [-0.05, 0) is 26.2 Å². The minimum atomic E-state index is -3.57. The Morgan fingerprint density at radius 2 is 1.04 bits per heavy atom. The quantitative estimate of drug-likeness (QED) is 0.100. The van der Waals surface area contributed by atoms with Gasteiger partial charge in [-0.25, -0.2) is 4.57 Å². The molecular weight excluding hydrogens is 375 g/mol. The van der Waals surface area contributed by atoms with E-state index in [1.807, 2.05) is 0 Å². The number of ether oxygens (including phenoxy) is 1. The molecule has 6 heteroatoms. The van der Waals surface area contributed by atoms with Gasteiger partial charge >= 0.3 is 7.82 Å². The van der Waals surface area contributed by atoms with Gasteiger partial charge in [0.25, 0.3) is 0 Å². The Labute approximate surface area is 174 Å². The van der Waals surface area contributed by atoms with Crippen molar-refractivity contribution in [1.29, 1.82) is 0 Å². The summed E-state index contributed by atoms with van der Waals surface area (Å²) < 4.78 is 35.3. The van der Waals surface area contributed by atoms with Crippen molar-refractivity contribution in [3.63, 3.8) is 0 Å². The van der Waals surface area contributed by atoms with E-state index in [9.17, 15) is 4.57 Å². The van der Waals surface area contributed by atoms with Crippen LogP contribution in [0.4, 0.5) is 0 Å². The van der Waals surface area contributed by atoms with Crippen molar-refractivity contribution in [2.24, 2.45) is 0 Å². The van der Waals surface area contributed by atoms with Crippen molar-refractivity contribution >= 4 is 7.82 Å². The maximum absolute atomic E-state index is 13.0. The molecule has 0 rings (SSSR count). The molecule has 5 nitrogen and oxygen atoms in total. The van der Waals surface area contributed by atoms with Gasteiger partial charge in [-0.2, -0.15) is 0 Å². The standard InChI is InChI=1S/C22H47O5P/c1-5-8-11-13-15-17-20-25-28(23,27-22(4)24-19-10-7-3)26-21-18-16-14-12-9-6-2/h22H,5-21H2,1-4H3. The number of unbranched alkanes of at least 4 members (excludes halogenated alkanes) is 11. The molecule has 0 aliphatic carbocycles. The lowest BCUT2D eigenvalue weighted by Crippen LogP contribution is -2.15. The topological polar surface area (TPSA) is 54.0 Å². The molecule has 0 aromatic heterocycles. The van der Waals surface area contributed by atoms with Gasteiger partial charge in [-0.15, -0.1) is 0 Å². The van der Waals surface area contributed by atoms with Crippen LogP contribution in [0.1, 0.15) is 118 Å². The number of hydrogen-bond donors (Lipinski definition) is 0. The largest absolute Gasteiger partial charge is 0.477 e. The highest BCUT2D eigenvalue weighted by atomic mass is 31.2. The second-order valence-corrected chi connectivity index (χ2v) is 9.17. The van der Waals surface area contributed by atoms with E-state index < -0.39 is 14.1 Å². The third kappa shape index (κ3) is 18.1. The fourth-order valence-electron chi connectivity index (χ4n) is 2.82. The molecule has 0 spiro atoms. The first kappa shape index (κ1) is 28.1. The smallest absolute Gasteiger partial charge is 0.352 e. The molecule has 28 heavy (non-hydrogen) atoms. The van der Waals surface area contributed by atoms with Gasteiger partial charge in [0, 0.05) is 6.61 Å². The lowest BCUT2D eigenvalue weighted by atomic mass is 10.1. The summed E-state index contributed by atoms with van der Waals surface area (Å²) in [4.78, 5) is 0. The van der Waals surface area contributed by atoms with Crippen LogP contribution in [0.25, 0.3) is 0 Å². The summed E-state index contributed by atoms with van der Waals surface area (Å²) in [5.41, 5.74) is 0. The van der Waals surface area contributed by atoms with Crippen LogP contribution in [0.5, 0.6) is 0 Å². The van der Waals surface area contributed by atoms with Crippen LogP contribution in [0.15, 0.2) is 0 Å². The Morgan fingerprint density at radius 1 is 0.607 bits per heavy atom. The summed E-state index contributed by atoms with van der Waals surface area (Å²) in [5.74, 6) is 0. The summed E-state index contributed by atoms with van der Waals surface area (Å²) in [5, 5.41) is 0. The summed E-state index contributed by atoms with van der Waals surface area (Å²) in [7, 11) is -3.57. The van der Waals surface area contributed by atoms with E-state index in [1.165, 1.54) is 51.4 Å². The van der Waals surface area contributed by atoms with Crippen LogP contribution in [0.3, 0.4) is 0 Å². The minimum Gasteiger partial charge on any atom is -0.352 e. The van der Waals surface area contributed by atoms with E-state index >= 15 is 0 Å². The Balaban J connectivity index is 4.22. The monoisotopic (exact) mass is 422 g/mol. The molecule has 0 fully saturated rings. The van der Waals surface area contributed by atoms with E-state index in [-0.39, 0.29) is 0 Å². The Kier molecular flexibility index (Phi) is 20.4. The molecule has 0 saturated carbocycles. The molecule has 0 aliphatic heterocycles. The zero-order valence-corrected chi connectivity index (χ0v) is 20.0. The average Bonchev–Trinajstić information content (AvgIpc) is 2.67. The molecule has 0 aliphatic rings. The van der Waals surface area contributed by atoms with Gasteiger partial charge in [-0.1, -0.05) is 91.4 Å². The average molecular weight is 423 g/mol. The summed E-state index contributed by atoms with van der Waals surface area (Å²) in [6, 6.07) is 0. The molecule has 0 aromatic carbocycles. The molecule has 0 saturated heterocycles. The van der Waals surface area contributed by atoms with Gasteiger partial charge in [0.1, 0.15) is 0 Å². The summed E-state index contributed by atoms with van der Waals surface area (Å²) in [6.45, 7) is 9.68. The fourth-order valence-corrected chi connectivity index (χ4v) is 4.15. The number of phosphoric acid groups is 1. The van der Waals surface area contributed by atoms with Gasteiger partial charge < -0.3 is 4.74 Å². The van der Waals surface area contributed by atoms with E-state index in [0.717, 1.165) is 38.5 Å². The molecular formula is C22H47O5P. The zero-order valence-electron chi connectivity index (χ0n) is 19.1. The van der Waals surface area contributed by atoms with E-state index in [1.54, 1.807) is 6.92 Å². The predicted molar refractivity (Wildman–Crippen MR) is 118 cm³/mol. The molecule has 0 N–H and O–H groups in total. The maximum atomic E-state index is 13.0. The first-order chi connectivity index (χ1) is 13.6. The molecule has 1 unspecified atom stereocenters. The number of phosphoric ester groups is 1. The van der Waals surface area contributed by atoms with Gasteiger partial charge in [0.2, 0.25) is 0 Å². The maximum Gasteiger partial charge on any atom is 0.477 e. The Hall–Kier alpha value is 0.0700. The second kappa shape index (κ2) is 20.3.